The van der Waals surface area contributed by atoms with Gasteiger partial charge in [-0.15, -0.1) is 0 Å². The zero-order valence-corrected chi connectivity index (χ0v) is 13.9. The standard InChI is InChI=1S/C17H22FN3OS/c18-15-6-5-13(20-12-3-1-2-4-12)9-14(15)17-11(7-8-22-17)10-23-16(19)21-17/h5-6,9,11-12,20H,1-4,7-8,10H2,(H2,19,21)/t11-,17+/m1/s1. The molecule has 3 N–H and O–H groups in total. The molecule has 4 rings (SSSR count). The molecule has 124 valence electrons. The summed E-state index contributed by atoms with van der Waals surface area (Å²) in [5, 5.41) is 4.01. The van der Waals surface area contributed by atoms with Crippen LogP contribution >= 0.6 is 11.8 Å². The number of nitrogens with two attached hydrogens (primary N) is 1. The molecule has 0 spiro atoms. The summed E-state index contributed by atoms with van der Waals surface area (Å²) in [7, 11) is 0. The molecule has 2 aliphatic heterocycles. The summed E-state index contributed by atoms with van der Waals surface area (Å²) in [6.45, 7) is 0.599. The Hall–Kier alpha value is -1.27. The highest BCUT2D eigenvalue weighted by atomic mass is 32.2. The SMILES string of the molecule is NC1=N[C@]2(c3cc(NC4CCCC4)ccc3F)OCC[C@@H]2CS1. The average Bonchev–Trinajstić information content (AvgIpc) is 3.18. The van der Waals surface area contributed by atoms with Gasteiger partial charge >= 0.3 is 0 Å². The molecule has 2 heterocycles. The largest absolute Gasteiger partial charge is 0.382 e. The van der Waals surface area contributed by atoms with Crippen molar-refractivity contribution in [3.63, 3.8) is 0 Å². The van der Waals surface area contributed by atoms with Crippen molar-refractivity contribution in [3.05, 3.63) is 29.6 Å². The van der Waals surface area contributed by atoms with Gasteiger partial charge in [0, 0.05) is 29.0 Å². The van der Waals surface area contributed by atoms with Crippen molar-refractivity contribution in [2.75, 3.05) is 17.7 Å². The van der Waals surface area contributed by atoms with Gasteiger partial charge in [0.25, 0.3) is 0 Å². The van der Waals surface area contributed by atoms with Crippen LogP contribution in [0.3, 0.4) is 0 Å². The first-order valence-corrected chi connectivity index (χ1v) is 9.34. The summed E-state index contributed by atoms with van der Waals surface area (Å²) in [4.78, 5) is 4.55. The molecule has 23 heavy (non-hydrogen) atoms. The van der Waals surface area contributed by atoms with Gasteiger partial charge in [0.15, 0.2) is 10.9 Å². The summed E-state index contributed by atoms with van der Waals surface area (Å²) in [6.07, 6.45) is 5.78. The fraction of sp³-hybridized carbons (Fsp3) is 0.588. The van der Waals surface area contributed by atoms with E-state index in [2.05, 4.69) is 10.3 Å². The Bertz CT molecular complexity index is 632. The van der Waals surface area contributed by atoms with Crippen LogP contribution in [-0.4, -0.2) is 23.6 Å². The van der Waals surface area contributed by atoms with Crippen molar-refractivity contribution in [3.8, 4) is 0 Å². The van der Waals surface area contributed by atoms with Crippen molar-refractivity contribution in [2.45, 2.75) is 43.9 Å². The van der Waals surface area contributed by atoms with Crippen LogP contribution in [0.2, 0.25) is 0 Å². The van der Waals surface area contributed by atoms with Crippen LogP contribution < -0.4 is 11.1 Å². The fourth-order valence-electron chi connectivity index (χ4n) is 3.93. The number of anilines is 1. The molecule has 1 aromatic rings. The van der Waals surface area contributed by atoms with E-state index < -0.39 is 5.72 Å². The van der Waals surface area contributed by atoms with Crippen LogP contribution in [-0.2, 0) is 10.5 Å². The molecule has 1 saturated heterocycles. The molecule has 1 saturated carbocycles. The average molecular weight is 335 g/mol. The number of hydrogen-bond acceptors (Lipinski definition) is 5. The Balaban J connectivity index is 1.70. The van der Waals surface area contributed by atoms with E-state index in [1.807, 2.05) is 12.1 Å². The first-order chi connectivity index (χ1) is 11.2. The number of fused-ring (bicyclic) bond motifs is 1. The third-order valence-corrected chi connectivity index (χ3v) is 6.08. The maximum Gasteiger partial charge on any atom is 0.194 e. The molecule has 0 amide bonds. The predicted molar refractivity (Wildman–Crippen MR) is 92.1 cm³/mol. The minimum atomic E-state index is -0.938. The summed E-state index contributed by atoms with van der Waals surface area (Å²) >= 11 is 1.53. The van der Waals surface area contributed by atoms with Crippen molar-refractivity contribution in [2.24, 2.45) is 16.6 Å². The van der Waals surface area contributed by atoms with Gasteiger partial charge < -0.3 is 15.8 Å². The fourth-order valence-corrected chi connectivity index (χ4v) is 4.89. The van der Waals surface area contributed by atoms with E-state index in [1.165, 1.54) is 43.5 Å². The lowest BCUT2D eigenvalue weighted by Gasteiger charge is -2.34. The van der Waals surface area contributed by atoms with Gasteiger partial charge in [0.2, 0.25) is 0 Å². The third-order valence-electron chi connectivity index (χ3n) is 5.13. The summed E-state index contributed by atoms with van der Waals surface area (Å²) in [6, 6.07) is 5.69. The molecule has 3 aliphatic rings. The van der Waals surface area contributed by atoms with E-state index in [4.69, 9.17) is 10.5 Å². The second-order valence-electron chi connectivity index (χ2n) is 6.61. The Morgan fingerprint density at radius 3 is 2.96 bits per heavy atom. The molecule has 6 heteroatoms. The second kappa shape index (κ2) is 5.98. The van der Waals surface area contributed by atoms with Gasteiger partial charge in [-0.05, 0) is 37.5 Å². The van der Waals surface area contributed by atoms with Gasteiger partial charge in [-0.3, -0.25) is 0 Å². The number of hydrogen-bond donors (Lipinski definition) is 2. The number of halogens is 1. The molecule has 2 atom stereocenters. The quantitative estimate of drug-likeness (QED) is 0.888. The highest BCUT2D eigenvalue weighted by molar-refractivity contribution is 8.13. The lowest BCUT2D eigenvalue weighted by molar-refractivity contribution is -0.0170. The number of amidine groups is 1. The van der Waals surface area contributed by atoms with Crippen LogP contribution in [0.1, 0.15) is 37.7 Å². The van der Waals surface area contributed by atoms with Crippen LogP contribution in [0.25, 0.3) is 0 Å². The van der Waals surface area contributed by atoms with E-state index in [0.29, 0.717) is 23.4 Å². The topological polar surface area (TPSA) is 59.6 Å². The Morgan fingerprint density at radius 2 is 2.13 bits per heavy atom. The second-order valence-corrected chi connectivity index (χ2v) is 7.65. The maximum atomic E-state index is 14.6. The first-order valence-electron chi connectivity index (χ1n) is 8.36. The van der Waals surface area contributed by atoms with Gasteiger partial charge in [0.1, 0.15) is 5.82 Å². The Labute approximate surface area is 140 Å². The van der Waals surface area contributed by atoms with E-state index in [1.54, 1.807) is 0 Å². The number of nitrogens with one attached hydrogen (secondary N) is 1. The van der Waals surface area contributed by atoms with Crippen molar-refractivity contribution in [1.29, 1.82) is 0 Å². The Morgan fingerprint density at radius 1 is 1.30 bits per heavy atom. The van der Waals surface area contributed by atoms with Crippen LogP contribution in [0.15, 0.2) is 23.2 Å². The number of aliphatic imine (C=N–C) groups is 1. The molecule has 2 fully saturated rings. The summed E-state index contributed by atoms with van der Waals surface area (Å²) < 4.78 is 20.6. The molecule has 1 aliphatic carbocycles. The van der Waals surface area contributed by atoms with E-state index in [9.17, 15) is 4.39 Å². The van der Waals surface area contributed by atoms with Crippen LogP contribution in [0.4, 0.5) is 10.1 Å². The lowest BCUT2D eigenvalue weighted by Crippen LogP contribution is -2.38. The monoisotopic (exact) mass is 335 g/mol. The predicted octanol–water partition coefficient (Wildman–Crippen LogP) is 3.43. The van der Waals surface area contributed by atoms with E-state index in [0.717, 1.165) is 17.9 Å². The number of rotatable bonds is 3. The molecular weight excluding hydrogens is 313 g/mol. The lowest BCUT2D eigenvalue weighted by atomic mass is 9.89. The molecule has 0 unspecified atom stereocenters. The van der Waals surface area contributed by atoms with Crippen molar-refractivity contribution in [1.82, 2.24) is 0 Å². The summed E-state index contributed by atoms with van der Waals surface area (Å²) in [5.74, 6) is 0.739. The molecule has 4 nitrogen and oxygen atoms in total. The van der Waals surface area contributed by atoms with Gasteiger partial charge in [-0.1, -0.05) is 24.6 Å². The molecule has 0 radical (unpaired) electrons. The van der Waals surface area contributed by atoms with Crippen LogP contribution in [0, 0.1) is 11.7 Å². The molecule has 0 aromatic heterocycles. The Kier molecular flexibility index (Phi) is 3.97. The summed E-state index contributed by atoms with van der Waals surface area (Å²) in [5.41, 5.74) is 6.46. The minimum absolute atomic E-state index is 0.177. The first kappa shape index (κ1) is 15.3. The van der Waals surface area contributed by atoms with Crippen LogP contribution in [0.5, 0.6) is 0 Å². The number of nitrogens with zero attached hydrogens (tertiary/aromatic N) is 1. The third kappa shape index (κ3) is 2.72. The molecule has 1 aromatic carbocycles. The van der Waals surface area contributed by atoms with Crippen molar-refractivity contribution >= 4 is 22.6 Å². The molecular formula is C17H22FN3OS. The minimum Gasteiger partial charge on any atom is -0.382 e. The van der Waals surface area contributed by atoms with Gasteiger partial charge in [0.05, 0.1) is 6.61 Å². The van der Waals surface area contributed by atoms with E-state index in [-0.39, 0.29) is 11.7 Å². The number of ether oxygens (including phenoxy) is 1. The smallest absolute Gasteiger partial charge is 0.194 e. The normalized spacial score (nSPS) is 31.0. The zero-order valence-electron chi connectivity index (χ0n) is 13.1. The zero-order chi connectivity index (χ0) is 15.9. The maximum absolute atomic E-state index is 14.6. The van der Waals surface area contributed by atoms with Crippen molar-refractivity contribution < 1.29 is 9.13 Å². The highest BCUT2D eigenvalue weighted by Gasteiger charge is 2.49. The highest BCUT2D eigenvalue weighted by Crippen LogP contribution is 2.48. The van der Waals surface area contributed by atoms with E-state index >= 15 is 0 Å². The molecule has 0 bridgehead atoms. The van der Waals surface area contributed by atoms with Gasteiger partial charge in [-0.2, -0.15) is 0 Å². The number of benzene rings is 1. The van der Waals surface area contributed by atoms with Gasteiger partial charge in [-0.25, -0.2) is 9.38 Å². The number of thioether (sulfide) groups is 1.